The van der Waals surface area contributed by atoms with Gasteiger partial charge in [0.05, 0.1) is 6.04 Å². The number of thiazole rings is 1. The highest BCUT2D eigenvalue weighted by molar-refractivity contribution is 7.09. The van der Waals surface area contributed by atoms with Gasteiger partial charge in [0.15, 0.2) is 5.69 Å². The van der Waals surface area contributed by atoms with Gasteiger partial charge in [-0.25, -0.2) is 14.6 Å². The summed E-state index contributed by atoms with van der Waals surface area (Å²) in [5.74, 6) is 0.255. The summed E-state index contributed by atoms with van der Waals surface area (Å²) in [5, 5.41) is 16.9. The molecule has 0 bridgehead atoms. The molecule has 0 spiro atoms. The summed E-state index contributed by atoms with van der Waals surface area (Å²) in [6.45, 7) is 1.81. The number of aromatic nitrogens is 1. The van der Waals surface area contributed by atoms with E-state index in [1.54, 1.807) is 0 Å². The third-order valence-corrected chi connectivity index (χ3v) is 5.04. The number of carboxylic acids is 1. The lowest BCUT2D eigenvalue weighted by Crippen LogP contribution is -2.45. The molecule has 0 aliphatic heterocycles. The van der Waals surface area contributed by atoms with Gasteiger partial charge in [0.1, 0.15) is 5.01 Å². The summed E-state index contributed by atoms with van der Waals surface area (Å²) in [6, 6.07) is -0.163. The Bertz CT molecular complexity index is 539. The van der Waals surface area contributed by atoms with Crippen LogP contribution in [0.3, 0.4) is 0 Å². The normalized spacial score (nSPS) is 19.3. The van der Waals surface area contributed by atoms with Crippen LogP contribution in [0.1, 0.15) is 54.1 Å². The standard InChI is InChI=1S/C14H19N3O3S/c1-7(12-16-10(6-21-12)13(18)19)15-14(20)17-11(8-2-3-8)9-4-5-9/h6-9,11H,2-5H2,1H3,(H,18,19)(H2,15,17,20). The molecule has 0 radical (unpaired) electrons. The monoisotopic (exact) mass is 309 g/mol. The summed E-state index contributed by atoms with van der Waals surface area (Å²) in [4.78, 5) is 26.9. The second kappa shape index (κ2) is 5.63. The van der Waals surface area contributed by atoms with E-state index >= 15 is 0 Å². The number of urea groups is 1. The molecular weight excluding hydrogens is 290 g/mol. The van der Waals surface area contributed by atoms with E-state index in [0.717, 1.165) is 0 Å². The fourth-order valence-electron chi connectivity index (χ4n) is 2.57. The Kier molecular flexibility index (Phi) is 3.84. The Morgan fingerprint density at radius 2 is 1.90 bits per heavy atom. The van der Waals surface area contributed by atoms with Crippen LogP contribution in [0.5, 0.6) is 0 Å². The molecule has 21 heavy (non-hydrogen) atoms. The zero-order chi connectivity index (χ0) is 15.0. The molecule has 2 aliphatic rings. The number of carbonyl (C=O) groups excluding carboxylic acids is 1. The van der Waals surface area contributed by atoms with Gasteiger partial charge in [0, 0.05) is 11.4 Å². The van der Waals surface area contributed by atoms with Gasteiger partial charge in [-0.3, -0.25) is 0 Å². The molecule has 0 saturated heterocycles. The molecule has 2 fully saturated rings. The maximum absolute atomic E-state index is 12.1. The van der Waals surface area contributed by atoms with Crippen molar-refractivity contribution in [2.45, 2.75) is 44.7 Å². The van der Waals surface area contributed by atoms with Gasteiger partial charge >= 0.3 is 12.0 Å². The van der Waals surface area contributed by atoms with Crippen LogP contribution in [0.2, 0.25) is 0 Å². The lowest BCUT2D eigenvalue weighted by Gasteiger charge is -2.19. The van der Waals surface area contributed by atoms with E-state index in [1.807, 2.05) is 6.92 Å². The van der Waals surface area contributed by atoms with Crippen LogP contribution in [0.4, 0.5) is 4.79 Å². The fourth-order valence-corrected chi connectivity index (χ4v) is 3.37. The zero-order valence-corrected chi connectivity index (χ0v) is 12.7. The van der Waals surface area contributed by atoms with Crippen LogP contribution in [0, 0.1) is 11.8 Å². The summed E-state index contributed by atoms with van der Waals surface area (Å²) in [6.07, 6.45) is 4.85. The first kappa shape index (κ1) is 14.3. The predicted molar refractivity (Wildman–Crippen MR) is 78.4 cm³/mol. The van der Waals surface area contributed by atoms with Crippen LogP contribution < -0.4 is 10.6 Å². The highest BCUT2D eigenvalue weighted by atomic mass is 32.1. The van der Waals surface area contributed by atoms with Gasteiger partial charge < -0.3 is 15.7 Å². The maximum Gasteiger partial charge on any atom is 0.355 e. The first-order chi connectivity index (χ1) is 10.0. The summed E-state index contributed by atoms with van der Waals surface area (Å²) in [5.41, 5.74) is 0.0258. The Balaban J connectivity index is 1.54. The molecule has 1 atom stereocenters. The van der Waals surface area contributed by atoms with E-state index in [9.17, 15) is 9.59 Å². The number of hydrogen-bond acceptors (Lipinski definition) is 4. The van der Waals surface area contributed by atoms with Crippen LogP contribution >= 0.6 is 11.3 Å². The molecule has 1 heterocycles. The van der Waals surface area contributed by atoms with Crippen molar-refractivity contribution in [3.63, 3.8) is 0 Å². The summed E-state index contributed by atoms with van der Waals surface area (Å²) < 4.78 is 0. The van der Waals surface area contributed by atoms with Crippen molar-refractivity contribution >= 4 is 23.3 Å². The van der Waals surface area contributed by atoms with Gasteiger partial charge in [-0.15, -0.1) is 11.3 Å². The van der Waals surface area contributed by atoms with E-state index in [2.05, 4.69) is 15.6 Å². The SMILES string of the molecule is CC(NC(=O)NC(C1CC1)C1CC1)c1nc(C(=O)O)cs1. The minimum absolute atomic E-state index is 0.0258. The average molecular weight is 309 g/mol. The zero-order valence-electron chi connectivity index (χ0n) is 11.8. The molecule has 1 aromatic heterocycles. The van der Waals surface area contributed by atoms with Gasteiger partial charge in [-0.1, -0.05) is 0 Å². The fraction of sp³-hybridized carbons (Fsp3) is 0.643. The minimum atomic E-state index is -1.04. The third-order valence-electron chi connectivity index (χ3n) is 4.02. The maximum atomic E-state index is 12.1. The van der Waals surface area contributed by atoms with Crippen LogP contribution in [-0.4, -0.2) is 28.1 Å². The second-order valence-electron chi connectivity index (χ2n) is 5.92. The molecule has 1 unspecified atom stereocenters. The molecule has 114 valence electrons. The number of aromatic carboxylic acids is 1. The molecule has 0 aromatic carbocycles. The Morgan fingerprint density at radius 1 is 1.29 bits per heavy atom. The molecule has 6 nitrogen and oxygen atoms in total. The number of rotatable bonds is 6. The van der Waals surface area contributed by atoms with Crippen LogP contribution in [0.25, 0.3) is 0 Å². The number of nitrogens with one attached hydrogen (secondary N) is 2. The highest BCUT2D eigenvalue weighted by Crippen LogP contribution is 2.44. The van der Waals surface area contributed by atoms with Crippen molar-refractivity contribution in [2.75, 3.05) is 0 Å². The van der Waals surface area contributed by atoms with Crippen molar-refractivity contribution < 1.29 is 14.7 Å². The smallest absolute Gasteiger partial charge is 0.355 e. The van der Waals surface area contributed by atoms with Crippen LogP contribution in [0.15, 0.2) is 5.38 Å². The van der Waals surface area contributed by atoms with Gasteiger partial charge in [-0.05, 0) is 44.4 Å². The van der Waals surface area contributed by atoms with Crippen molar-refractivity contribution in [3.8, 4) is 0 Å². The van der Waals surface area contributed by atoms with Crippen LogP contribution in [-0.2, 0) is 0 Å². The molecule has 2 saturated carbocycles. The lowest BCUT2D eigenvalue weighted by molar-refractivity contribution is 0.0691. The summed E-state index contributed by atoms with van der Waals surface area (Å²) >= 11 is 1.25. The molecule has 3 rings (SSSR count). The van der Waals surface area contributed by atoms with E-state index in [0.29, 0.717) is 22.9 Å². The predicted octanol–water partition coefficient (Wildman–Crippen LogP) is 2.39. The molecular formula is C14H19N3O3S. The Hall–Kier alpha value is -1.63. The Labute approximate surface area is 127 Å². The van der Waals surface area contributed by atoms with E-state index in [4.69, 9.17) is 5.11 Å². The van der Waals surface area contributed by atoms with E-state index < -0.39 is 5.97 Å². The largest absolute Gasteiger partial charge is 0.476 e. The molecule has 3 N–H and O–H groups in total. The first-order valence-electron chi connectivity index (χ1n) is 7.30. The topological polar surface area (TPSA) is 91.3 Å². The first-order valence-corrected chi connectivity index (χ1v) is 8.18. The number of hydrogen-bond donors (Lipinski definition) is 3. The van der Waals surface area contributed by atoms with Crippen molar-refractivity contribution in [1.29, 1.82) is 0 Å². The van der Waals surface area contributed by atoms with E-state index in [1.165, 1.54) is 42.4 Å². The molecule has 1 aromatic rings. The van der Waals surface area contributed by atoms with Crippen molar-refractivity contribution in [3.05, 3.63) is 16.1 Å². The second-order valence-corrected chi connectivity index (χ2v) is 6.81. The quantitative estimate of drug-likeness (QED) is 0.752. The number of nitrogens with zero attached hydrogens (tertiary/aromatic N) is 1. The molecule has 2 amide bonds. The lowest BCUT2D eigenvalue weighted by atomic mass is 10.1. The number of carbonyl (C=O) groups is 2. The van der Waals surface area contributed by atoms with Gasteiger partial charge in [0.25, 0.3) is 0 Å². The third kappa shape index (κ3) is 3.53. The van der Waals surface area contributed by atoms with Crippen molar-refractivity contribution in [2.24, 2.45) is 11.8 Å². The van der Waals surface area contributed by atoms with Crippen molar-refractivity contribution in [1.82, 2.24) is 15.6 Å². The van der Waals surface area contributed by atoms with Gasteiger partial charge in [0.2, 0.25) is 0 Å². The molecule has 2 aliphatic carbocycles. The highest BCUT2D eigenvalue weighted by Gasteiger charge is 2.42. The molecule has 7 heteroatoms. The minimum Gasteiger partial charge on any atom is -0.476 e. The summed E-state index contributed by atoms with van der Waals surface area (Å²) in [7, 11) is 0. The van der Waals surface area contributed by atoms with Gasteiger partial charge in [-0.2, -0.15) is 0 Å². The van der Waals surface area contributed by atoms with E-state index in [-0.39, 0.29) is 17.8 Å². The average Bonchev–Trinajstić information content (AvgIpc) is 3.34. The number of carboxylic acid groups (broad SMARTS) is 1. The Morgan fingerprint density at radius 3 is 2.38 bits per heavy atom. The number of amides is 2.